The zero-order valence-electron chi connectivity index (χ0n) is 15.8. The Labute approximate surface area is 162 Å². The molecule has 1 aliphatic carbocycles. The van der Waals surface area contributed by atoms with E-state index < -0.39 is 11.0 Å². The number of fused-ring (bicyclic) bond motifs is 2. The van der Waals surface area contributed by atoms with Crippen LogP contribution in [0.3, 0.4) is 0 Å². The molecule has 0 radical (unpaired) electrons. The first-order valence-corrected chi connectivity index (χ1v) is 9.66. The summed E-state index contributed by atoms with van der Waals surface area (Å²) in [5, 5.41) is 21.2. The van der Waals surface area contributed by atoms with E-state index in [2.05, 4.69) is 19.9 Å². The average Bonchev–Trinajstić information content (AvgIpc) is 3.40. The summed E-state index contributed by atoms with van der Waals surface area (Å²) in [5.74, 6) is 0.785. The third-order valence-corrected chi connectivity index (χ3v) is 6.30. The SMILES string of the molecule is CC1(CO)CN(c2nc(N)nc3nc[nH]c23)c2cc(C3(O)CCCC3)ccc21. The molecule has 146 valence electrons. The van der Waals surface area contributed by atoms with Gasteiger partial charge in [-0.15, -0.1) is 0 Å². The maximum Gasteiger partial charge on any atom is 0.224 e. The highest BCUT2D eigenvalue weighted by Gasteiger charge is 2.42. The monoisotopic (exact) mass is 380 g/mol. The van der Waals surface area contributed by atoms with Gasteiger partial charge in [0.05, 0.1) is 18.5 Å². The van der Waals surface area contributed by atoms with Crippen molar-refractivity contribution >= 4 is 28.6 Å². The van der Waals surface area contributed by atoms with Crippen LogP contribution < -0.4 is 10.6 Å². The molecule has 0 saturated heterocycles. The van der Waals surface area contributed by atoms with E-state index in [9.17, 15) is 10.2 Å². The van der Waals surface area contributed by atoms with Crippen LogP contribution in [0.25, 0.3) is 11.2 Å². The van der Waals surface area contributed by atoms with E-state index in [-0.39, 0.29) is 12.6 Å². The molecule has 5 rings (SSSR count). The number of H-pyrrole nitrogens is 1. The summed E-state index contributed by atoms with van der Waals surface area (Å²) in [6, 6.07) is 6.08. The lowest BCUT2D eigenvalue weighted by Crippen LogP contribution is -2.32. The number of aliphatic hydroxyl groups excluding tert-OH is 1. The van der Waals surface area contributed by atoms with Crippen LogP contribution in [0.2, 0.25) is 0 Å². The Balaban J connectivity index is 1.70. The first-order chi connectivity index (χ1) is 13.4. The number of nitrogens with one attached hydrogen (secondary N) is 1. The van der Waals surface area contributed by atoms with Crippen molar-refractivity contribution in [2.75, 3.05) is 23.8 Å². The third-order valence-electron chi connectivity index (χ3n) is 6.30. The van der Waals surface area contributed by atoms with Gasteiger partial charge in [0.2, 0.25) is 5.95 Å². The van der Waals surface area contributed by atoms with Gasteiger partial charge in [0.25, 0.3) is 0 Å². The maximum atomic E-state index is 11.1. The summed E-state index contributed by atoms with van der Waals surface area (Å²) in [7, 11) is 0. The summed E-state index contributed by atoms with van der Waals surface area (Å²) >= 11 is 0. The van der Waals surface area contributed by atoms with Gasteiger partial charge in [-0.1, -0.05) is 31.9 Å². The van der Waals surface area contributed by atoms with Crippen LogP contribution in [0.1, 0.15) is 43.7 Å². The molecule has 1 fully saturated rings. The van der Waals surface area contributed by atoms with Gasteiger partial charge in [-0.05, 0) is 30.0 Å². The Kier molecular flexibility index (Phi) is 3.66. The first-order valence-electron chi connectivity index (χ1n) is 9.66. The molecular formula is C20H24N6O2. The molecule has 2 aromatic heterocycles. The van der Waals surface area contributed by atoms with Gasteiger partial charge in [-0.2, -0.15) is 9.97 Å². The molecule has 1 aliphatic heterocycles. The van der Waals surface area contributed by atoms with Crippen molar-refractivity contribution in [3.05, 3.63) is 35.7 Å². The molecule has 0 spiro atoms. The van der Waals surface area contributed by atoms with Crippen molar-refractivity contribution in [1.29, 1.82) is 0 Å². The minimum Gasteiger partial charge on any atom is -0.395 e. The van der Waals surface area contributed by atoms with E-state index in [1.807, 2.05) is 30.0 Å². The largest absolute Gasteiger partial charge is 0.395 e. The van der Waals surface area contributed by atoms with Gasteiger partial charge >= 0.3 is 0 Å². The average molecular weight is 380 g/mol. The summed E-state index contributed by atoms with van der Waals surface area (Å²) < 4.78 is 0. The number of aromatic amines is 1. The van der Waals surface area contributed by atoms with Crippen LogP contribution in [0.5, 0.6) is 0 Å². The Morgan fingerprint density at radius 3 is 2.79 bits per heavy atom. The molecule has 0 amide bonds. The first kappa shape index (κ1) is 17.4. The van der Waals surface area contributed by atoms with Gasteiger partial charge < -0.3 is 25.8 Å². The predicted octanol–water partition coefficient (Wildman–Crippen LogP) is 2.10. The number of nitrogen functional groups attached to an aromatic ring is 1. The molecular weight excluding hydrogens is 356 g/mol. The molecule has 8 heteroatoms. The number of nitrogens with two attached hydrogens (primary N) is 1. The molecule has 1 unspecified atom stereocenters. The molecule has 3 heterocycles. The zero-order chi connectivity index (χ0) is 19.5. The van der Waals surface area contributed by atoms with E-state index >= 15 is 0 Å². The highest BCUT2D eigenvalue weighted by molar-refractivity contribution is 5.89. The van der Waals surface area contributed by atoms with Gasteiger partial charge in [-0.3, -0.25) is 0 Å². The fraction of sp³-hybridized carbons (Fsp3) is 0.450. The number of nitrogens with zero attached hydrogens (tertiary/aromatic N) is 4. The van der Waals surface area contributed by atoms with Gasteiger partial charge in [0.1, 0.15) is 5.52 Å². The van der Waals surface area contributed by atoms with E-state index in [1.165, 1.54) is 0 Å². The number of hydrogen-bond donors (Lipinski definition) is 4. The van der Waals surface area contributed by atoms with E-state index in [1.54, 1.807) is 6.33 Å². The second-order valence-corrected chi connectivity index (χ2v) is 8.28. The van der Waals surface area contributed by atoms with Crippen LogP contribution in [-0.4, -0.2) is 43.3 Å². The Morgan fingerprint density at radius 1 is 1.25 bits per heavy atom. The fourth-order valence-electron chi connectivity index (χ4n) is 4.68. The molecule has 1 aromatic carbocycles. The lowest BCUT2D eigenvalue weighted by molar-refractivity contribution is 0.0445. The summed E-state index contributed by atoms with van der Waals surface area (Å²) in [5.41, 5.74) is 8.79. The van der Waals surface area contributed by atoms with E-state index in [0.717, 1.165) is 42.5 Å². The van der Waals surface area contributed by atoms with E-state index in [0.29, 0.717) is 23.5 Å². The highest BCUT2D eigenvalue weighted by atomic mass is 16.3. The maximum absolute atomic E-state index is 11.1. The number of hydrogen-bond acceptors (Lipinski definition) is 7. The van der Waals surface area contributed by atoms with Gasteiger partial charge in [0.15, 0.2) is 11.5 Å². The molecule has 2 aliphatic rings. The Bertz CT molecular complexity index is 1060. The van der Waals surface area contributed by atoms with Gasteiger partial charge in [-0.25, -0.2) is 4.98 Å². The highest BCUT2D eigenvalue weighted by Crippen LogP contribution is 2.48. The summed E-state index contributed by atoms with van der Waals surface area (Å²) in [4.78, 5) is 18.0. The molecule has 8 nitrogen and oxygen atoms in total. The predicted molar refractivity (Wildman–Crippen MR) is 106 cm³/mol. The number of rotatable bonds is 3. The van der Waals surface area contributed by atoms with Crippen LogP contribution in [0, 0.1) is 0 Å². The smallest absolute Gasteiger partial charge is 0.224 e. The quantitative estimate of drug-likeness (QED) is 0.548. The van der Waals surface area contributed by atoms with Crippen LogP contribution in [-0.2, 0) is 11.0 Å². The normalized spacial score (nSPS) is 23.5. The Hall–Kier alpha value is -2.71. The van der Waals surface area contributed by atoms with E-state index in [4.69, 9.17) is 5.73 Å². The van der Waals surface area contributed by atoms with Crippen molar-refractivity contribution in [3.63, 3.8) is 0 Å². The standard InChI is InChI=1S/C20H24N6O2/c1-19(10-27)9-26(17-15-16(23-11-22-15)24-18(21)25-17)14-8-12(4-5-13(14)19)20(28)6-2-3-7-20/h4-5,8,11,27-28H,2-3,6-7,9-10H2,1H3,(H3,21,22,23,24,25). The van der Waals surface area contributed by atoms with Crippen LogP contribution in [0.15, 0.2) is 24.5 Å². The number of imidazole rings is 1. The molecule has 0 bridgehead atoms. The fourth-order valence-corrected chi connectivity index (χ4v) is 4.68. The lowest BCUT2D eigenvalue weighted by atomic mass is 9.83. The van der Waals surface area contributed by atoms with Crippen molar-refractivity contribution in [2.24, 2.45) is 0 Å². The van der Waals surface area contributed by atoms with Crippen molar-refractivity contribution in [1.82, 2.24) is 19.9 Å². The van der Waals surface area contributed by atoms with Crippen molar-refractivity contribution in [3.8, 4) is 0 Å². The number of benzene rings is 1. The molecule has 5 N–H and O–H groups in total. The van der Waals surface area contributed by atoms with Gasteiger partial charge in [0, 0.05) is 17.6 Å². The number of aromatic nitrogens is 4. The Morgan fingerprint density at radius 2 is 2.04 bits per heavy atom. The minimum absolute atomic E-state index is 0.00675. The van der Waals surface area contributed by atoms with Crippen LogP contribution in [0.4, 0.5) is 17.5 Å². The van der Waals surface area contributed by atoms with Crippen molar-refractivity contribution in [2.45, 2.75) is 43.6 Å². The second-order valence-electron chi connectivity index (χ2n) is 8.28. The van der Waals surface area contributed by atoms with Crippen molar-refractivity contribution < 1.29 is 10.2 Å². The van der Waals surface area contributed by atoms with Crippen LogP contribution >= 0.6 is 0 Å². The minimum atomic E-state index is -0.785. The molecule has 1 atom stereocenters. The second kappa shape index (κ2) is 5.89. The molecule has 28 heavy (non-hydrogen) atoms. The zero-order valence-corrected chi connectivity index (χ0v) is 15.8. The summed E-state index contributed by atoms with van der Waals surface area (Å²) in [6.07, 6.45) is 5.18. The molecule has 1 saturated carbocycles. The topological polar surface area (TPSA) is 124 Å². The number of aliphatic hydroxyl groups is 2. The molecule has 3 aromatic rings. The lowest BCUT2D eigenvalue weighted by Gasteiger charge is -2.25. The third kappa shape index (κ3) is 2.41. The summed E-state index contributed by atoms with van der Waals surface area (Å²) in [6.45, 7) is 2.59. The number of anilines is 3.